The molecule has 0 radical (unpaired) electrons. The molecule has 1 aromatic rings. The largest absolute Gasteiger partial charge is 0.372 e. The molecule has 1 aliphatic rings. The molecule has 0 aliphatic heterocycles. The molecule has 0 amide bonds. The van der Waals surface area contributed by atoms with Gasteiger partial charge in [-0.05, 0) is 58.1 Å². The van der Waals surface area contributed by atoms with Gasteiger partial charge in [0.25, 0.3) is 0 Å². The number of nitrogens with one attached hydrogen (secondary N) is 1. The minimum atomic E-state index is 0.355. The van der Waals surface area contributed by atoms with Gasteiger partial charge in [-0.1, -0.05) is 22.0 Å². The summed E-state index contributed by atoms with van der Waals surface area (Å²) >= 11 is 3.60. The lowest BCUT2D eigenvalue weighted by Gasteiger charge is -2.49. The Morgan fingerprint density at radius 2 is 1.95 bits per heavy atom. The first-order valence-electron chi connectivity index (χ1n) is 7.30. The highest BCUT2D eigenvalue weighted by molar-refractivity contribution is 9.10. The van der Waals surface area contributed by atoms with Crippen LogP contribution in [0, 0.1) is 0 Å². The Bertz CT molecular complexity index is 455. The van der Waals surface area contributed by atoms with Crippen molar-refractivity contribution in [2.75, 3.05) is 39.6 Å². The molecule has 0 bridgehead atoms. The van der Waals surface area contributed by atoms with Crippen LogP contribution in [-0.4, -0.2) is 45.2 Å². The Balaban J connectivity index is 2.19. The molecule has 3 nitrogen and oxygen atoms in total. The maximum absolute atomic E-state index is 3.60. The van der Waals surface area contributed by atoms with Crippen LogP contribution in [0.4, 0.5) is 5.69 Å². The summed E-state index contributed by atoms with van der Waals surface area (Å²) in [5, 5.41) is 3.26. The van der Waals surface area contributed by atoms with Crippen molar-refractivity contribution < 1.29 is 0 Å². The van der Waals surface area contributed by atoms with Crippen LogP contribution in [0.3, 0.4) is 0 Å². The van der Waals surface area contributed by atoms with Gasteiger partial charge in [0.1, 0.15) is 0 Å². The number of hydrogen-bond donors (Lipinski definition) is 1. The zero-order chi connectivity index (χ0) is 14.8. The van der Waals surface area contributed by atoms with Gasteiger partial charge in [0.15, 0.2) is 0 Å². The molecule has 0 saturated heterocycles. The average molecular weight is 340 g/mol. The molecule has 1 N–H and O–H groups in total. The maximum atomic E-state index is 3.60. The molecule has 0 unspecified atom stereocenters. The Labute approximate surface area is 131 Å². The van der Waals surface area contributed by atoms with Crippen LogP contribution in [-0.2, 0) is 6.54 Å². The Morgan fingerprint density at radius 3 is 2.45 bits per heavy atom. The predicted molar refractivity (Wildman–Crippen MR) is 90.4 cm³/mol. The lowest BCUT2D eigenvalue weighted by molar-refractivity contribution is 0.0683. The summed E-state index contributed by atoms with van der Waals surface area (Å²) in [5.74, 6) is 0. The summed E-state index contributed by atoms with van der Waals surface area (Å²) in [6, 6.07) is 6.55. The van der Waals surface area contributed by atoms with E-state index in [0.29, 0.717) is 5.54 Å². The molecule has 0 spiro atoms. The van der Waals surface area contributed by atoms with Gasteiger partial charge >= 0.3 is 0 Å². The van der Waals surface area contributed by atoms with Crippen LogP contribution in [0.25, 0.3) is 0 Å². The number of likely N-dealkylation sites (N-methyl/N-ethyl adjacent to an activating group) is 2. The third-order valence-corrected chi connectivity index (χ3v) is 5.08. The first-order chi connectivity index (χ1) is 9.48. The van der Waals surface area contributed by atoms with Crippen molar-refractivity contribution in [1.29, 1.82) is 0 Å². The van der Waals surface area contributed by atoms with E-state index in [-0.39, 0.29) is 0 Å². The number of benzene rings is 1. The normalized spacial score (nSPS) is 17.1. The first-order valence-corrected chi connectivity index (χ1v) is 8.09. The summed E-state index contributed by atoms with van der Waals surface area (Å²) in [6.07, 6.45) is 3.97. The molecule has 4 heteroatoms. The van der Waals surface area contributed by atoms with Crippen LogP contribution < -0.4 is 10.2 Å². The van der Waals surface area contributed by atoms with Crippen molar-refractivity contribution in [2.45, 2.75) is 31.3 Å². The topological polar surface area (TPSA) is 18.5 Å². The summed E-state index contributed by atoms with van der Waals surface area (Å²) in [4.78, 5) is 4.82. The van der Waals surface area contributed by atoms with Gasteiger partial charge in [-0.3, -0.25) is 0 Å². The quantitative estimate of drug-likeness (QED) is 0.859. The Hall–Kier alpha value is -0.580. The Morgan fingerprint density at radius 1 is 1.25 bits per heavy atom. The van der Waals surface area contributed by atoms with Gasteiger partial charge < -0.3 is 15.1 Å². The van der Waals surface area contributed by atoms with Crippen LogP contribution in [0.15, 0.2) is 22.7 Å². The van der Waals surface area contributed by atoms with E-state index in [4.69, 9.17) is 0 Å². The molecular formula is C16H26BrN3. The highest BCUT2D eigenvalue weighted by atomic mass is 79.9. The van der Waals surface area contributed by atoms with E-state index in [9.17, 15) is 0 Å². The highest BCUT2D eigenvalue weighted by Gasteiger charge is 2.40. The molecule has 2 rings (SSSR count). The lowest BCUT2D eigenvalue weighted by atomic mass is 9.75. The minimum absolute atomic E-state index is 0.355. The summed E-state index contributed by atoms with van der Waals surface area (Å²) < 4.78 is 1.15. The first kappa shape index (κ1) is 15.8. The van der Waals surface area contributed by atoms with E-state index in [1.807, 2.05) is 7.05 Å². The van der Waals surface area contributed by atoms with Crippen molar-refractivity contribution in [1.82, 2.24) is 10.2 Å². The van der Waals surface area contributed by atoms with Crippen molar-refractivity contribution in [2.24, 2.45) is 0 Å². The maximum Gasteiger partial charge on any atom is 0.0421 e. The van der Waals surface area contributed by atoms with Gasteiger partial charge in [0.05, 0.1) is 0 Å². The van der Waals surface area contributed by atoms with Crippen LogP contribution in [0.2, 0.25) is 0 Å². The van der Waals surface area contributed by atoms with Gasteiger partial charge in [-0.2, -0.15) is 0 Å². The molecule has 0 aromatic heterocycles. The van der Waals surface area contributed by atoms with E-state index in [2.05, 4.69) is 70.4 Å². The molecule has 112 valence electrons. The van der Waals surface area contributed by atoms with Crippen LogP contribution in [0.1, 0.15) is 24.8 Å². The number of anilines is 1. The van der Waals surface area contributed by atoms with E-state index < -0.39 is 0 Å². The Kier molecular flexibility index (Phi) is 5.10. The number of halogens is 1. The van der Waals surface area contributed by atoms with Crippen LogP contribution in [0.5, 0.6) is 0 Å². The van der Waals surface area contributed by atoms with Gasteiger partial charge in [-0.25, -0.2) is 0 Å². The van der Waals surface area contributed by atoms with E-state index >= 15 is 0 Å². The van der Waals surface area contributed by atoms with Crippen molar-refractivity contribution in [3.63, 3.8) is 0 Å². The van der Waals surface area contributed by atoms with Gasteiger partial charge in [0, 0.05) is 35.8 Å². The second-order valence-electron chi connectivity index (χ2n) is 6.13. The molecular weight excluding hydrogens is 314 g/mol. The molecule has 1 aliphatic carbocycles. The number of rotatable bonds is 6. The molecule has 1 aromatic carbocycles. The third-order valence-electron chi connectivity index (χ3n) is 4.59. The number of hydrogen-bond acceptors (Lipinski definition) is 3. The molecule has 0 atom stereocenters. The fourth-order valence-electron chi connectivity index (χ4n) is 3.09. The summed E-state index contributed by atoms with van der Waals surface area (Å²) in [6.45, 7) is 2.00. The van der Waals surface area contributed by atoms with E-state index in [1.165, 1.54) is 30.5 Å². The smallest absolute Gasteiger partial charge is 0.0421 e. The fraction of sp³-hybridized carbons (Fsp3) is 0.625. The van der Waals surface area contributed by atoms with Gasteiger partial charge in [-0.15, -0.1) is 0 Å². The third kappa shape index (κ3) is 3.18. The molecule has 20 heavy (non-hydrogen) atoms. The van der Waals surface area contributed by atoms with Crippen molar-refractivity contribution >= 4 is 21.6 Å². The zero-order valence-electron chi connectivity index (χ0n) is 13.0. The monoisotopic (exact) mass is 339 g/mol. The predicted octanol–water partition coefficient (Wildman–Crippen LogP) is 3.09. The lowest BCUT2D eigenvalue weighted by Crippen LogP contribution is -2.56. The highest BCUT2D eigenvalue weighted by Crippen LogP contribution is 2.38. The molecule has 1 saturated carbocycles. The van der Waals surface area contributed by atoms with Gasteiger partial charge in [0.2, 0.25) is 0 Å². The van der Waals surface area contributed by atoms with Crippen LogP contribution >= 0.6 is 15.9 Å². The average Bonchev–Trinajstić information content (AvgIpc) is 2.35. The minimum Gasteiger partial charge on any atom is -0.372 e. The standard InChI is InChI=1S/C16H26BrN3/c1-18-11-13-6-7-14(17)10-15(13)20(4)12-16(19(2)3)8-5-9-16/h6-7,10,18H,5,8-9,11-12H2,1-4H3. The second kappa shape index (κ2) is 6.46. The SMILES string of the molecule is CNCc1ccc(Br)cc1N(C)CC1(N(C)C)CCC1. The van der Waals surface area contributed by atoms with Crippen molar-refractivity contribution in [3.05, 3.63) is 28.2 Å². The summed E-state index contributed by atoms with van der Waals surface area (Å²) in [7, 11) is 8.63. The second-order valence-corrected chi connectivity index (χ2v) is 7.05. The van der Waals surface area contributed by atoms with Crippen molar-refractivity contribution in [3.8, 4) is 0 Å². The molecule has 0 heterocycles. The molecule has 1 fully saturated rings. The fourth-order valence-corrected chi connectivity index (χ4v) is 3.44. The number of nitrogens with zero attached hydrogens (tertiary/aromatic N) is 2. The summed E-state index contributed by atoms with van der Waals surface area (Å²) in [5.41, 5.74) is 3.03. The van der Waals surface area contributed by atoms with E-state index in [0.717, 1.165) is 17.6 Å². The van der Waals surface area contributed by atoms with E-state index in [1.54, 1.807) is 0 Å². The zero-order valence-corrected chi connectivity index (χ0v) is 14.6.